The van der Waals surface area contributed by atoms with Gasteiger partial charge in [0.15, 0.2) is 23.0 Å². The van der Waals surface area contributed by atoms with Crippen LogP contribution < -0.4 is 18.9 Å². The molecule has 2 saturated heterocycles. The lowest BCUT2D eigenvalue weighted by Crippen LogP contribution is -2.54. The number of phenolic OH excluding ortho intramolecular Hbond substituents is 2. The minimum Gasteiger partial charge on any atom is -0.504 e. The Morgan fingerprint density at radius 3 is 1.61 bits per heavy atom. The number of hydrogen-bond donors (Lipinski definition) is 2. The summed E-state index contributed by atoms with van der Waals surface area (Å²) in [6, 6.07) is 9.65. The van der Waals surface area contributed by atoms with E-state index >= 15 is 0 Å². The number of ether oxygens (including phenoxy) is 11. The molecule has 2 aromatic carbocycles. The van der Waals surface area contributed by atoms with Crippen LogP contribution in [-0.4, -0.2) is 96.9 Å². The van der Waals surface area contributed by atoms with Gasteiger partial charge in [0.1, 0.15) is 37.6 Å². The van der Waals surface area contributed by atoms with Crippen molar-refractivity contribution in [3.8, 4) is 34.5 Å². The minimum absolute atomic E-state index is 0.0564. The normalized spacial score (nSPS) is 30.1. The Hall–Kier alpha value is -5.00. The van der Waals surface area contributed by atoms with Crippen molar-refractivity contribution < 1.29 is 81.5 Å². The van der Waals surface area contributed by atoms with E-state index in [1.54, 1.807) is 25.1 Å². The van der Waals surface area contributed by atoms with Gasteiger partial charge in [0.05, 0.1) is 6.61 Å². The SMILES string of the molecule is CC(=O)OC[C@H]1O[C@@H](Oc2cccc(O)c2O)[C@H](C)[C@@H](C)[C@H]1OC(C)=O.CCOC1(C)Oc2cccc(O[C@@H]3O[C@H](COC(C)=O)[C@H](OC(C)=O)[C@H](C)[C@H]3C)c2O1. The molecule has 3 aliphatic heterocycles. The van der Waals surface area contributed by atoms with Crippen LogP contribution in [0.1, 0.15) is 69.2 Å². The summed E-state index contributed by atoms with van der Waals surface area (Å²) in [7, 11) is 0. The Bertz CT molecular complexity index is 1710. The second-order valence-corrected chi connectivity index (χ2v) is 14.2. The first kappa shape index (κ1) is 44.7. The molecule has 0 aliphatic carbocycles. The van der Waals surface area contributed by atoms with E-state index < -0.39 is 72.6 Å². The van der Waals surface area contributed by atoms with Crippen molar-refractivity contribution in [2.24, 2.45) is 23.7 Å². The number of carbonyl (C=O) groups is 4. The van der Waals surface area contributed by atoms with Gasteiger partial charge in [0, 0.05) is 58.3 Å². The fourth-order valence-corrected chi connectivity index (χ4v) is 6.56. The van der Waals surface area contributed by atoms with E-state index in [-0.39, 0.29) is 48.4 Å². The van der Waals surface area contributed by atoms with Crippen molar-refractivity contribution in [2.75, 3.05) is 19.8 Å². The third-order valence-electron chi connectivity index (χ3n) is 9.81. The monoisotopic (exact) mass is 806 g/mol. The molecule has 2 aromatic rings. The van der Waals surface area contributed by atoms with Crippen molar-refractivity contribution in [1.82, 2.24) is 0 Å². The van der Waals surface area contributed by atoms with E-state index in [4.69, 9.17) is 52.1 Å². The van der Waals surface area contributed by atoms with Crippen molar-refractivity contribution in [3.05, 3.63) is 36.4 Å². The molecule has 2 N–H and O–H groups in total. The second-order valence-electron chi connectivity index (χ2n) is 14.2. The largest absolute Gasteiger partial charge is 0.504 e. The van der Waals surface area contributed by atoms with Crippen molar-refractivity contribution in [1.29, 1.82) is 0 Å². The van der Waals surface area contributed by atoms with Crippen LogP contribution in [0.15, 0.2) is 36.4 Å². The molecule has 3 heterocycles. The van der Waals surface area contributed by atoms with Gasteiger partial charge in [-0.15, -0.1) is 0 Å². The Kier molecular flexibility index (Phi) is 15.2. The molecule has 0 spiro atoms. The van der Waals surface area contributed by atoms with E-state index in [1.165, 1.54) is 45.9 Å². The molecule has 1 unspecified atom stereocenters. The summed E-state index contributed by atoms with van der Waals surface area (Å²) in [5.74, 6) is -3.00. The molecule has 57 heavy (non-hydrogen) atoms. The van der Waals surface area contributed by atoms with Gasteiger partial charge in [0.2, 0.25) is 24.1 Å². The van der Waals surface area contributed by atoms with Crippen LogP contribution in [0.3, 0.4) is 0 Å². The summed E-state index contributed by atoms with van der Waals surface area (Å²) in [5.41, 5.74) is 0. The number of hydrogen-bond acceptors (Lipinski definition) is 17. The van der Waals surface area contributed by atoms with E-state index in [0.29, 0.717) is 23.9 Å². The molecule has 0 radical (unpaired) electrons. The van der Waals surface area contributed by atoms with Crippen molar-refractivity contribution in [2.45, 2.75) is 112 Å². The zero-order valence-corrected chi connectivity index (χ0v) is 33.9. The average molecular weight is 807 g/mol. The second kappa shape index (κ2) is 19.4. The average Bonchev–Trinajstić information content (AvgIpc) is 3.48. The van der Waals surface area contributed by atoms with Gasteiger partial charge in [0.25, 0.3) is 0 Å². The van der Waals surface area contributed by atoms with Crippen LogP contribution in [0.25, 0.3) is 0 Å². The van der Waals surface area contributed by atoms with Gasteiger partial charge in [-0.2, -0.15) is 0 Å². The van der Waals surface area contributed by atoms with Crippen LogP contribution in [0.5, 0.6) is 34.5 Å². The van der Waals surface area contributed by atoms with Gasteiger partial charge >= 0.3 is 29.9 Å². The third-order valence-corrected chi connectivity index (χ3v) is 9.81. The number of aromatic hydroxyl groups is 2. The summed E-state index contributed by atoms with van der Waals surface area (Å²) in [6.45, 7) is 16.6. The highest BCUT2D eigenvalue weighted by Gasteiger charge is 2.47. The van der Waals surface area contributed by atoms with Gasteiger partial charge in [-0.05, 0) is 31.2 Å². The number of phenols is 2. The van der Waals surface area contributed by atoms with Crippen LogP contribution in [-0.2, 0) is 52.3 Å². The number of fused-ring (bicyclic) bond motifs is 1. The van der Waals surface area contributed by atoms with Crippen LogP contribution >= 0.6 is 0 Å². The zero-order valence-electron chi connectivity index (χ0n) is 33.9. The quantitative estimate of drug-likeness (QED) is 0.164. The van der Waals surface area contributed by atoms with Crippen LogP contribution in [0.2, 0.25) is 0 Å². The Balaban J connectivity index is 0.000000257. The van der Waals surface area contributed by atoms with Gasteiger partial charge in [-0.25, -0.2) is 0 Å². The number of esters is 4. The summed E-state index contributed by atoms with van der Waals surface area (Å²) < 4.78 is 62.1. The smallest absolute Gasteiger partial charge is 0.369 e. The molecule has 5 rings (SSSR count). The highest BCUT2D eigenvalue weighted by atomic mass is 16.9. The third kappa shape index (κ3) is 11.5. The van der Waals surface area contributed by atoms with Crippen molar-refractivity contribution in [3.63, 3.8) is 0 Å². The van der Waals surface area contributed by atoms with Crippen LogP contribution in [0, 0.1) is 23.7 Å². The van der Waals surface area contributed by atoms with Crippen molar-refractivity contribution >= 4 is 23.9 Å². The topological polar surface area (TPSA) is 210 Å². The lowest BCUT2D eigenvalue weighted by atomic mass is 9.84. The molecular formula is C40H54O17. The number of para-hydroxylation sites is 2. The maximum Gasteiger partial charge on any atom is 0.369 e. The molecule has 17 nitrogen and oxygen atoms in total. The van der Waals surface area contributed by atoms with E-state index in [9.17, 15) is 29.4 Å². The fraction of sp³-hybridized carbons (Fsp3) is 0.600. The fourth-order valence-electron chi connectivity index (χ4n) is 6.56. The first-order valence-electron chi connectivity index (χ1n) is 18.7. The van der Waals surface area contributed by atoms with E-state index in [2.05, 4.69) is 0 Å². The zero-order chi connectivity index (χ0) is 42.2. The standard InChI is InChI=1S/C22H30O9.C18H24O8/c1-7-26-22(6)30-17-10-8-9-16(20(17)31-22)28-21-13(3)12(2)19(27-15(5)24)18(29-21)11-25-14(4)23;1-9-10(2)18(25-14-7-5-6-13(21)16(14)22)26-15(8-23-11(3)19)17(9)24-12(4)20/h8-10,12-13,18-19,21H,7,11H2,1-6H3;5-7,9-10,15,17-18,21-22H,8H2,1-4H3/t12-,13-,18-,19-,21-,22?;9-,10-,15-,17-,18-/m11/s1. The number of benzene rings is 2. The molecule has 17 heteroatoms. The first-order valence-corrected chi connectivity index (χ1v) is 18.7. The maximum atomic E-state index is 11.6. The first-order chi connectivity index (χ1) is 26.8. The van der Waals surface area contributed by atoms with Crippen LogP contribution in [0.4, 0.5) is 0 Å². The lowest BCUT2D eigenvalue weighted by molar-refractivity contribution is -0.268. The number of rotatable bonds is 12. The summed E-state index contributed by atoms with van der Waals surface area (Å²) in [4.78, 5) is 45.5. The Labute approximate surface area is 331 Å². The van der Waals surface area contributed by atoms with Gasteiger partial charge in [-0.1, -0.05) is 39.8 Å². The molecule has 3 aliphatic rings. The molecule has 11 atom stereocenters. The lowest BCUT2D eigenvalue weighted by Gasteiger charge is -2.43. The van der Waals surface area contributed by atoms with Gasteiger partial charge in [-0.3, -0.25) is 19.2 Å². The molecule has 0 saturated carbocycles. The molecule has 0 aromatic heterocycles. The Morgan fingerprint density at radius 1 is 0.667 bits per heavy atom. The van der Waals surface area contributed by atoms with Gasteiger partial charge < -0.3 is 62.3 Å². The molecular weight excluding hydrogens is 752 g/mol. The summed E-state index contributed by atoms with van der Waals surface area (Å²) in [6.07, 6.45) is -4.08. The molecule has 0 amide bonds. The highest BCUT2D eigenvalue weighted by molar-refractivity contribution is 5.67. The highest BCUT2D eigenvalue weighted by Crippen LogP contribution is 2.48. The molecule has 316 valence electrons. The molecule has 2 fully saturated rings. The predicted molar refractivity (Wildman–Crippen MR) is 197 cm³/mol. The van der Waals surface area contributed by atoms with E-state index in [0.717, 1.165) is 0 Å². The summed E-state index contributed by atoms with van der Waals surface area (Å²) in [5, 5.41) is 19.5. The minimum atomic E-state index is -1.23. The maximum absolute atomic E-state index is 11.6. The van der Waals surface area contributed by atoms with E-state index in [1.807, 2.05) is 34.6 Å². The molecule has 0 bridgehead atoms. The number of carbonyl (C=O) groups excluding carboxylic acids is 4. The Morgan fingerprint density at radius 2 is 1.14 bits per heavy atom. The summed E-state index contributed by atoms with van der Waals surface area (Å²) >= 11 is 0. The predicted octanol–water partition coefficient (Wildman–Crippen LogP) is 5.01.